The Hall–Kier alpha value is -2.46. The van der Waals surface area contributed by atoms with Gasteiger partial charge in [-0.2, -0.15) is 0 Å². The van der Waals surface area contributed by atoms with Crippen molar-refractivity contribution in [2.75, 3.05) is 26.2 Å². The highest BCUT2D eigenvalue weighted by molar-refractivity contribution is 5.92. The van der Waals surface area contributed by atoms with Crippen LogP contribution in [-0.4, -0.2) is 42.0 Å². The van der Waals surface area contributed by atoms with E-state index in [9.17, 15) is 4.79 Å². The number of rotatable bonds is 4. The molecule has 148 valence electrons. The number of aryl methyl sites for hydroxylation is 1. The Morgan fingerprint density at radius 3 is 2.64 bits per heavy atom. The van der Waals surface area contributed by atoms with E-state index in [4.69, 9.17) is 0 Å². The van der Waals surface area contributed by atoms with E-state index in [1.54, 1.807) is 4.90 Å². The Labute approximate surface area is 168 Å². The number of fused-ring (bicyclic) bond motifs is 1. The largest absolute Gasteiger partial charge is 0.338 e. The van der Waals surface area contributed by atoms with Crippen LogP contribution in [0.2, 0.25) is 0 Å². The zero-order valence-corrected chi connectivity index (χ0v) is 17.1. The molecule has 3 rings (SSSR count). The van der Waals surface area contributed by atoms with Gasteiger partial charge in [-0.3, -0.25) is 9.78 Å². The number of hydrogen-bond acceptors (Lipinski definition) is 3. The fraction of sp³-hybridized carbons (Fsp3) is 0.417. The van der Waals surface area contributed by atoms with Crippen LogP contribution in [0.15, 0.2) is 48.7 Å². The molecule has 2 aromatic rings. The quantitative estimate of drug-likeness (QED) is 0.863. The molecule has 1 aliphatic heterocycles. The molecule has 1 aromatic heterocycles. The van der Waals surface area contributed by atoms with Crippen LogP contribution in [0.5, 0.6) is 0 Å². The molecule has 0 aliphatic carbocycles. The highest BCUT2D eigenvalue weighted by Gasteiger charge is 2.15. The summed E-state index contributed by atoms with van der Waals surface area (Å²) in [6, 6.07) is 12.6. The molecule has 1 aromatic carbocycles. The Balaban J connectivity index is 1.94. The second-order valence-corrected chi connectivity index (χ2v) is 7.18. The number of carbonyl (C=O) groups is 1. The SMILES string of the molecule is CCN(CC)C(=O)c1ccc(/C2=C/CCNCCCCc3ccccc32)cn1. The third-order valence-electron chi connectivity index (χ3n) is 5.37. The summed E-state index contributed by atoms with van der Waals surface area (Å²) in [6.45, 7) is 7.45. The molecule has 1 amide bonds. The molecule has 28 heavy (non-hydrogen) atoms. The first-order valence-corrected chi connectivity index (χ1v) is 10.5. The van der Waals surface area contributed by atoms with Crippen molar-refractivity contribution in [2.45, 2.75) is 39.5 Å². The highest BCUT2D eigenvalue weighted by Crippen LogP contribution is 2.28. The lowest BCUT2D eigenvalue weighted by Gasteiger charge is -2.18. The normalized spacial score (nSPS) is 17.0. The minimum atomic E-state index is -0.00225. The molecule has 0 unspecified atom stereocenters. The molecule has 0 atom stereocenters. The molecule has 1 N–H and O–H groups in total. The fourth-order valence-corrected chi connectivity index (χ4v) is 3.75. The van der Waals surface area contributed by atoms with Crippen LogP contribution in [0.1, 0.15) is 60.3 Å². The van der Waals surface area contributed by atoms with E-state index < -0.39 is 0 Å². The van der Waals surface area contributed by atoms with Crippen LogP contribution in [0, 0.1) is 0 Å². The van der Waals surface area contributed by atoms with Gasteiger partial charge < -0.3 is 10.2 Å². The lowest BCUT2D eigenvalue weighted by molar-refractivity contribution is 0.0767. The lowest BCUT2D eigenvalue weighted by Crippen LogP contribution is -2.31. The Kier molecular flexibility index (Phi) is 7.38. The summed E-state index contributed by atoms with van der Waals surface area (Å²) >= 11 is 0. The standard InChI is InChI=1S/C24H31N3O/c1-3-27(4-2)24(28)23-15-14-20(18-26-23)22-13-9-17-25-16-8-7-11-19-10-5-6-12-21(19)22/h5-6,10,12-15,18,25H,3-4,7-9,11,16-17H2,1-2H3/b22-13-. The summed E-state index contributed by atoms with van der Waals surface area (Å²) < 4.78 is 0. The molecular weight excluding hydrogens is 346 g/mol. The van der Waals surface area contributed by atoms with E-state index in [0.29, 0.717) is 18.8 Å². The van der Waals surface area contributed by atoms with E-state index in [2.05, 4.69) is 40.6 Å². The molecule has 0 saturated heterocycles. The van der Waals surface area contributed by atoms with Gasteiger partial charge in [0.2, 0.25) is 0 Å². The first-order chi connectivity index (χ1) is 13.7. The topological polar surface area (TPSA) is 45.2 Å². The van der Waals surface area contributed by atoms with Crippen LogP contribution >= 0.6 is 0 Å². The van der Waals surface area contributed by atoms with Crippen LogP contribution in [0.4, 0.5) is 0 Å². The van der Waals surface area contributed by atoms with Gasteiger partial charge in [0, 0.05) is 24.8 Å². The van der Waals surface area contributed by atoms with Crippen LogP contribution in [0.3, 0.4) is 0 Å². The molecule has 0 spiro atoms. The minimum Gasteiger partial charge on any atom is -0.338 e. The monoisotopic (exact) mass is 377 g/mol. The van der Waals surface area contributed by atoms with Gasteiger partial charge >= 0.3 is 0 Å². The molecule has 0 bridgehead atoms. The van der Waals surface area contributed by atoms with Gasteiger partial charge in [0.05, 0.1) is 0 Å². The Morgan fingerprint density at radius 2 is 1.89 bits per heavy atom. The van der Waals surface area contributed by atoms with Gasteiger partial charge in [0.15, 0.2) is 0 Å². The number of pyridine rings is 1. The van der Waals surface area contributed by atoms with Crippen molar-refractivity contribution < 1.29 is 4.79 Å². The molecule has 0 saturated carbocycles. The average Bonchev–Trinajstić information content (AvgIpc) is 2.78. The first kappa shape index (κ1) is 20.3. The maximum absolute atomic E-state index is 12.6. The summed E-state index contributed by atoms with van der Waals surface area (Å²) in [6.07, 6.45) is 8.61. The van der Waals surface area contributed by atoms with Crippen molar-refractivity contribution in [3.8, 4) is 0 Å². The number of nitrogens with zero attached hydrogens (tertiary/aromatic N) is 2. The van der Waals surface area contributed by atoms with Gasteiger partial charge in [-0.1, -0.05) is 36.4 Å². The molecule has 0 radical (unpaired) electrons. The number of benzene rings is 1. The van der Waals surface area contributed by atoms with E-state index in [1.165, 1.54) is 29.5 Å². The van der Waals surface area contributed by atoms with Crippen molar-refractivity contribution in [3.63, 3.8) is 0 Å². The molecule has 4 heteroatoms. The third kappa shape index (κ3) is 4.87. The first-order valence-electron chi connectivity index (χ1n) is 10.5. The number of hydrogen-bond donors (Lipinski definition) is 1. The number of amides is 1. The van der Waals surface area contributed by atoms with E-state index >= 15 is 0 Å². The molecule has 0 fully saturated rings. The van der Waals surface area contributed by atoms with Crippen molar-refractivity contribution >= 4 is 11.5 Å². The summed E-state index contributed by atoms with van der Waals surface area (Å²) in [5, 5.41) is 3.52. The molecular formula is C24H31N3O. The smallest absolute Gasteiger partial charge is 0.272 e. The fourth-order valence-electron chi connectivity index (χ4n) is 3.75. The maximum Gasteiger partial charge on any atom is 0.272 e. The summed E-state index contributed by atoms with van der Waals surface area (Å²) in [7, 11) is 0. The summed E-state index contributed by atoms with van der Waals surface area (Å²) in [5.74, 6) is -0.00225. The maximum atomic E-state index is 12.6. The van der Waals surface area contributed by atoms with E-state index in [0.717, 1.165) is 31.5 Å². The summed E-state index contributed by atoms with van der Waals surface area (Å²) in [4.78, 5) is 18.9. The van der Waals surface area contributed by atoms with Crippen LogP contribution < -0.4 is 5.32 Å². The van der Waals surface area contributed by atoms with Gasteiger partial charge in [-0.25, -0.2) is 0 Å². The van der Waals surface area contributed by atoms with Gasteiger partial charge in [0.1, 0.15) is 5.69 Å². The van der Waals surface area contributed by atoms with Crippen molar-refractivity contribution in [3.05, 3.63) is 71.1 Å². The summed E-state index contributed by atoms with van der Waals surface area (Å²) in [5.41, 5.74) is 5.48. The third-order valence-corrected chi connectivity index (χ3v) is 5.37. The average molecular weight is 378 g/mol. The minimum absolute atomic E-state index is 0.00225. The van der Waals surface area contributed by atoms with Crippen LogP contribution in [-0.2, 0) is 6.42 Å². The van der Waals surface area contributed by atoms with Crippen molar-refractivity contribution in [2.24, 2.45) is 0 Å². The van der Waals surface area contributed by atoms with Crippen molar-refractivity contribution in [1.82, 2.24) is 15.2 Å². The molecule has 4 nitrogen and oxygen atoms in total. The lowest BCUT2D eigenvalue weighted by atomic mass is 9.91. The highest BCUT2D eigenvalue weighted by atomic mass is 16.2. The number of carbonyl (C=O) groups excluding carboxylic acids is 1. The second kappa shape index (κ2) is 10.2. The predicted octanol–water partition coefficient (Wildman–Crippen LogP) is 4.31. The van der Waals surface area contributed by atoms with E-state index in [-0.39, 0.29) is 5.91 Å². The zero-order valence-electron chi connectivity index (χ0n) is 17.1. The molecule has 1 aliphatic rings. The van der Waals surface area contributed by atoms with Gasteiger partial charge in [-0.15, -0.1) is 0 Å². The number of nitrogens with one attached hydrogen (secondary N) is 1. The van der Waals surface area contributed by atoms with Gasteiger partial charge in [0.25, 0.3) is 5.91 Å². The van der Waals surface area contributed by atoms with Crippen molar-refractivity contribution in [1.29, 1.82) is 0 Å². The van der Waals surface area contributed by atoms with Crippen LogP contribution in [0.25, 0.3) is 5.57 Å². The zero-order chi connectivity index (χ0) is 19.8. The predicted molar refractivity (Wildman–Crippen MR) is 115 cm³/mol. The number of aromatic nitrogens is 1. The van der Waals surface area contributed by atoms with Gasteiger partial charge in [-0.05, 0) is 75.4 Å². The Bertz CT molecular complexity index is 807. The van der Waals surface area contributed by atoms with E-state index in [1.807, 2.05) is 32.2 Å². The second-order valence-electron chi connectivity index (χ2n) is 7.18. The molecule has 2 heterocycles. The Morgan fingerprint density at radius 1 is 1.07 bits per heavy atom.